The Bertz CT molecular complexity index is 1100. The highest BCUT2D eigenvalue weighted by atomic mass is 127. The average Bonchev–Trinajstić information content (AvgIpc) is 2.71. The van der Waals surface area contributed by atoms with Crippen molar-refractivity contribution in [2.45, 2.75) is 57.3 Å². The van der Waals surface area contributed by atoms with Crippen LogP contribution in [0.5, 0.6) is 0 Å². The molecule has 0 aliphatic rings. The normalized spacial score (nSPS) is 12.9. The molecule has 0 amide bonds. The maximum atomic E-state index is 13.3. The summed E-state index contributed by atoms with van der Waals surface area (Å²) in [6.07, 6.45) is 0. The van der Waals surface area contributed by atoms with Crippen molar-refractivity contribution in [1.82, 2.24) is 0 Å². The molecule has 0 aliphatic carbocycles. The van der Waals surface area contributed by atoms with Crippen molar-refractivity contribution in [3.63, 3.8) is 0 Å². The number of rotatable bonds is 5. The molecule has 3 aromatic carbocycles. The molecule has 171 valence electrons. The molecular formula is C26H30FIO3S+. The van der Waals surface area contributed by atoms with Crippen molar-refractivity contribution in [2.75, 3.05) is 0 Å². The highest BCUT2D eigenvalue weighted by Crippen LogP contribution is 2.22. The second-order valence-electron chi connectivity index (χ2n) is 9.73. The van der Waals surface area contributed by atoms with Crippen molar-refractivity contribution in [3.05, 3.63) is 96.9 Å². The van der Waals surface area contributed by atoms with Gasteiger partial charge in [0.25, 0.3) is 0 Å². The standard InChI is InChI=1S/C26H30FIO3S/c1-25(2,3)19-7-13-22(14-8-19)28(23-15-9-20(10-16-23)26(4,5)6)31-32(29,30)24-17-11-21(27)12-18-24/h7-18H,1-6H3/q+1. The molecule has 0 saturated carbocycles. The summed E-state index contributed by atoms with van der Waals surface area (Å²) in [6.45, 7) is 12.8. The van der Waals surface area contributed by atoms with Gasteiger partial charge in [0.15, 0.2) is 7.14 Å². The highest BCUT2D eigenvalue weighted by Gasteiger charge is 2.38. The molecule has 0 heterocycles. The topological polar surface area (TPSA) is 43.4 Å². The largest absolute Gasteiger partial charge is 0.336 e. The Balaban J connectivity index is 2.04. The number of benzene rings is 3. The van der Waals surface area contributed by atoms with Gasteiger partial charge >= 0.3 is 30.4 Å². The van der Waals surface area contributed by atoms with Crippen molar-refractivity contribution in [1.29, 1.82) is 0 Å². The lowest BCUT2D eigenvalue weighted by molar-refractivity contribution is -1.03. The van der Waals surface area contributed by atoms with Crippen LogP contribution in [0, 0.1) is 13.0 Å². The summed E-state index contributed by atoms with van der Waals surface area (Å²) < 4.78 is 47.1. The van der Waals surface area contributed by atoms with E-state index in [2.05, 4.69) is 41.5 Å². The molecule has 0 atom stereocenters. The zero-order valence-electron chi connectivity index (χ0n) is 19.3. The first kappa shape index (κ1) is 24.9. The molecule has 0 aromatic heterocycles. The quantitative estimate of drug-likeness (QED) is 0.444. The third kappa shape index (κ3) is 5.97. The fraction of sp³-hybridized carbons (Fsp3) is 0.308. The van der Waals surface area contributed by atoms with E-state index in [1.165, 1.54) is 23.3 Å². The van der Waals surface area contributed by atoms with Crippen molar-refractivity contribution < 1.29 is 35.6 Å². The molecule has 32 heavy (non-hydrogen) atoms. The van der Waals surface area contributed by atoms with Crippen LogP contribution in [-0.2, 0) is 23.5 Å². The molecule has 0 N–H and O–H groups in total. The first-order valence-corrected chi connectivity index (χ1v) is 14.8. The monoisotopic (exact) mass is 568 g/mol. The van der Waals surface area contributed by atoms with Crippen LogP contribution in [0.15, 0.2) is 77.7 Å². The van der Waals surface area contributed by atoms with E-state index in [0.717, 1.165) is 19.3 Å². The van der Waals surface area contributed by atoms with E-state index in [-0.39, 0.29) is 15.7 Å². The SMILES string of the molecule is CC(C)(C)c1ccc([I+](OS(=O)(=O)c2ccc(F)cc2)c2ccc(C(C)(C)C)cc2)cc1. The minimum absolute atomic E-state index is 0.00697. The second-order valence-corrected chi connectivity index (χ2v) is 16.2. The molecule has 0 unspecified atom stereocenters. The summed E-state index contributed by atoms with van der Waals surface area (Å²) in [6, 6.07) is 20.8. The minimum Gasteiger partial charge on any atom is -0.207 e. The van der Waals surface area contributed by atoms with Gasteiger partial charge in [-0.15, -0.1) is 0 Å². The van der Waals surface area contributed by atoms with E-state index in [1.807, 2.05) is 48.5 Å². The molecule has 6 heteroatoms. The summed E-state index contributed by atoms with van der Waals surface area (Å²) in [5.74, 6) is -0.491. The van der Waals surface area contributed by atoms with Crippen molar-refractivity contribution >= 4 is 10.1 Å². The minimum atomic E-state index is -4.05. The Labute approximate surface area is 199 Å². The Kier molecular flexibility index (Phi) is 7.17. The van der Waals surface area contributed by atoms with E-state index in [0.29, 0.717) is 0 Å². The van der Waals surface area contributed by atoms with Gasteiger partial charge < -0.3 is 0 Å². The summed E-state index contributed by atoms with van der Waals surface area (Å²) >= 11 is -2.81. The molecule has 3 aromatic rings. The Hall–Kier alpha value is -1.77. The lowest BCUT2D eigenvalue weighted by atomic mass is 9.87. The van der Waals surface area contributed by atoms with Gasteiger partial charge in [-0.3, -0.25) is 0 Å². The first-order chi connectivity index (χ1) is 14.8. The lowest BCUT2D eigenvalue weighted by Gasteiger charge is -2.19. The van der Waals surface area contributed by atoms with Crippen LogP contribution in [0.2, 0.25) is 0 Å². The van der Waals surface area contributed by atoms with Crippen LogP contribution in [-0.4, -0.2) is 8.42 Å². The van der Waals surface area contributed by atoms with Crippen LogP contribution in [0.25, 0.3) is 0 Å². The molecule has 0 aliphatic heterocycles. The van der Waals surface area contributed by atoms with Gasteiger partial charge in [0, 0.05) is 0 Å². The van der Waals surface area contributed by atoms with Crippen LogP contribution >= 0.6 is 0 Å². The number of hydrogen-bond acceptors (Lipinski definition) is 3. The van der Waals surface area contributed by atoms with Crippen LogP contribution in [0.4, 0.5) is 4.39 Å². The molecular weight excluding hydrogens is 538 g/mol. The van der Waals surface area contributed by atoms with Gasteiger partial charge in [-0.2, -0.15) is 8.42 Å². The Morgan fingerprint density at radius 3 is 1.38 bits per heavy atom. The van der Waals surface area contributed by atoms with Crippen LogP contribution in [0.1, 0.15) is 52.7 Å². The smallest absolute Gasteiger partial charge is 0.207 e. The van der Waals surface area contributed by atoms with E-state index in [1.54, 1.807) is 0 Å². The highest BCUT2D eigenvalue weighted by molar-refractivity contribution is 7.86. The van der Waals surface area contributed by atoms with Gasteiger partial charge in [-0.1, -0.05) is 65.8 Å². The fourth-order valence-electron chi connectivity index (χ4n) is 3.05. The predicted molar refractivity (Wildman–Crippen MR) is 122 cm³/mol. The van der Waals surface area contributed by atoms with Crippen molar-refractivity contribution in [2.24, 2.45) is 0 Å². The maximum Gasteiger partial charge on any atom is 0.336 e. The van der Waals surface area contributed by atoms with Gasteiger partial charge in [0.1, 0.15) is 5.82 Å². The Morgan fingerprint density at radius 2 is 1.03 bits per heavy atom. The number of hydrogen-bond donors (Lipinski definition) is 0. The van der Waals surface area contributed by atoms with Gasteiger partial charge in [-0.05, 0) is 73.0 Å². The lowest BCUT2D eigenvalue weighted by Crippen LogP contribution is -3.85. The van der Waals surface area contributed by atoms with Gasteiger partial charge in [0.2, 0.25) is 0 Å². The molecule has 0 spiro atoms. The maximum absolute atomic E-state index is 13.3. The summed E-state index contributed by atoms with van der Waals surface area (Å²) in [4.78, 5) is -0.0428. The fourth-order valence-corrected chi connectivity index (χ4v) is 9.93. The zero-order valence-corrected chi connectivity index (χ0v) is 22.3. The molecule has 3 nitrogen and oxygen atoms in total. The summed E-state index contributed by atoms with van der Waals surface area (Å²) in [7, 11) is -4.05. The third-order valence-corrected chi connectivity index (χ3v) is 12.4. The molecule has 0 bridgehead atoms. The second kappa shape index (κ2) is 9.23. The molecule has 1 radical (unpaired) electrons. The van der Waals surface area contributed by atoms with Crippen LogP contribution in [0.3, 0.4) is 0 Å². The zero-order chi connectivity index (χ0) is 23.7. The van der Waals surface area contributed by atoms with Crippen LogP contribution < -0.4 is 20.2 Å². The number of halogens is 2. The van der Waals surface area contributed by atoms with E-state index in [9.17, 15) is 12.8 Å². The predicted octanol–water partition coefficient (Wildman–Crippen LogP) is 3.41. The van der Waals surface area contributed by atoms with Crippen molar-refractivity contribution in [3.8, 4) is 0 Å². The third-order valence-electron chi connectivity index (χ3n) is 5.07. The van der Waals surface area contributed by atoms with E-state index < -0.39 is 36.2 Å². The molecule has 3 rings (SSSR count). The van der Waals surface area contributed by atoms with Gasteiger partial charge in [-0.25, -0.2) is 4.39 Å². The first-order valence-electron chi connectivity index (χ1n) is 10.4. The van der Waals surface area contributed by atoms with Gasteiger partial charge in [0.05, 0.1) is 4.90 Å². The molecule has 0 saturated heterocycles. The van der Waals surface area contributed by atoms with E-state index in [4.69, 9.17) is 2.51 Å². The Morgan fingerprint density at radius 1 is 0.656 bits per heavy atom. The molecule has 0 fully saturated rings. The average molecular weight is 568 g/mol. The summed E-state index contributed by atoms with van der Waals surface area (Å²) in [5.41, 5.74) is 2.32. The van der Waals surface area contributed by atoms with E-state index >= 15 is 0 Å². The summed E-state index contributed by atoms with van der Waals surface area (Å²) in [5, 5.41) is 0.